The molecule has 0 aliphatic rings. The Morgan fingerprint density at radius 2 is 1.81 bits per heavy atom. The Bertz CT molecular complexity index is 791. The van der Waals surface area contributed by atoms with Gasteiger partial charge in [0, 0.05) is 17.6 Å². The second-order valence-corrected chi connectivity index (χ2v) is 5.61. The summed E-state index contributed by atoms with van der Waals surface area (Å²) in [5.41, 5.74) is 7.13. The molecule has 0 unspecified atom stereocenters. The summed E-state index contributed by atoms with van der Waals surface area (Å²) in [4.78, 5) is 4.67. The first-order valence-electron chi connectivity index (χ1n) is 7.30. The van der Waals surface area contributed by atoms with Gasteiger partial charge in [-0.05, 0) is 44.0 Å². The largest absolute Gasteiger partial charge is 0.379 e. The fourth-order valence-electron chi connectivity index (χ4n) is 2.57. The molecule has 0 fully saturated rings. The molecule has 0 radical (unpaired) electrons. The van der Waals surface area contributed by atoms with Crippen molar-refractivity contribution in [3.05, 3.63) is 70.9 Å². The molecule has 0 aliphatic carbocycles. The Morgan fingerprint density at radius 1 is 0.952 bits per heavy atom. The second-order valence-electron chi connectivity index (χ2n) is 5.61. The fourth-order valence-corrected chi connectivity index (χ4v) is 2.57. The molecule has 21 heavy (non-hydrogen) atoms. The molecular weight excluding hydrogens is 256 g/mol. The van der Waals surface area contributed by atoms with E-state index in [1.165, 1.54) is 22.1 Å². The van der Waals surface area contributed by atoms with Gasteiger partial charge in [0.25, 0.3) is 0 Å². The van der Waals surface area contributed by atoms with Gasteiger partial charge in [-0.3, -0.25) is 4.98 Å². The van der Waals surface area contributed by atoms with Crippen LogP contribution in [0.2, 0.25) is 0 Å². The van der Waals surface area contributed by atoms with E-state index in [9.17, 15) is 0 Å². The zero-order chi connectivity index (χ0) is 14.8. The summed E-state index contributed by atoms with van der Waals surface area (Å²) in [5.74, 6) is 0. The average Bonchev–Trinajstić information content (AvgIpc) is 2.48. The molecule has 0 atom stereocenters. The van der Waals surface area contributed by atoms with Gasteiger partial charge >= 0.3 is 0 Å². The van der Waals surface area contributed by atoms with Crippen molar-refractivity contribution in [2.24, 2.45) is 0 Å². The van der Waals surface area contributed by atoms with Crippen molar-refractivity contribution >= 4 is 16.6 Å². The Labute approximate surface area is 125 Å². The minimum Gasteiger partial charge on any atom is -0.379 e. The minimum atomic E-state index is 0.822. The van der Waals surface area contributed by atoms with Crippen LogP contribution in [0.25, 0.3) is 10.9 Å². The number of aryl methyl sites for hydroxylation is 3. The van der Waals surface area contributed by atoms with Gasteiger partial charge in [0.2, 0.25) is 0 Å². The van der Waals surface area contributed by atoms with E-state index in [0.717, 1.165) is 23.4 Å². The van der Waals surface area contributed by atoms with E-state index in [2.05, 4.69) is 72.7 Å². The smallest absolute Gasteiger partial charge is 0.0936 e. The highest BCUT2D eigenvalue weighted by Crippen LogP contribution is 2.23. The lowest BCUT2D eigenvalue weighted by Gasteiger charge is -2.12. The lowest BCUT2D eigenvalue weighted by molar-refractivity contribution is 1.11. The molecule has 0 spiro atoms. The number of aromatic nitrogens is 1. The van der Waals surface area contributed by atoms with Crippen LogP contribution in [0.1, 0.15) is 22.4 Å². The molecule has 2 aromatic carbocycles. The third-order valence-corrected chi connectivity index (χ3v) is 3.83. The number of para-hydroxylation sites is 1. The molecule has 0 aliphatic heterocycles. The number of nitrogens with one attached hydrogen (secondary N) is 1. The Kier molecular flexibility index (Phi) is 3.61. The predicted octanol–water partition coefficient (Wildman–Crippen LogP) is 4.77. The molecule has 2 heteroatoms. The number of anilines is 1. The minimum absolute atomic E-state index is 0.822. The van der Waals surface area contributed by atoms with Crippen molar-refractivity contribution in [3.63, 3.8) is 0 Å². The summed E-state index contributed by atoms with van der Waals surface area (Å²) in [6.45, 7) is 7.14. The van der Waals surface area contributed by atoms with E-state index < -0.39 is 0 Å². The number of fused-ring (bicyclic) bond motifs is 1. The number of benzene rings is 2. The van der Waals surface area contributed by atoms with Crippen LogP contribution in [0, 0.1) is 20.8 Å². The van der Waals surface area contributed by atoms with Crippen LogP contribution in [-0.4, -0.2) is 4.98 Å². The van der Waals surface area contributed by atoms with E-state index in [1.807, 2.05) is 6.92 Å². The van der Waals surface area contributed by atoms with E-state index in [0.29, 0.717) is 0 Å². The maximum Gasteiger partial charge on any atom is 0.0936 e. The van der Waals surface area contributed by atoms with E-state index in [1.54, 1.807) is 0 Å². The SMILES string of the molecule is Cc1ccc(C)c(CNc2cccc3ccc(C)nc23)c1. The van der Waals surface area contributed by atoms with Crippen molar-refractivity contribution in [2.45, 2.75) is 27.3 Å². The molecule has 1 heterocycles. The molecule has 0 saturated heterocycles. The first-order valence-corrected chi connectivity index (χ1v) is 7.30. The summed E-state index contributed by atoms with van der Waals surface area (Å²) in [6, 6.07) is 17.0. The summed E-state index contributed by atoms with van der Waals surface area (Å²) >= 11 is 0. The maximum atomic E-state index is 4.67. The number of hydrogen-bond donors (Lipinski definition) is 1. The Hall–Kier alpha value is -2.35. The van der Waals surface area contributed by atoms with Crippen LogP contribution in [0.4, 0.5) is 5.69 Å². The Balaban J connectivity index is 1.91. The fraction of sp³-hybridized carbons (Fsp3) is 0.211. The molecule has 106 valence electrons. The van der Waals surface area contributed by atoms with Crippen molar-refractivity contribution in [3.8, 4) is 0 Å². The quantitative estimate of drug-likeness (QED) is 0.745. The van der Waals surface area contributed by atoms with Crippen molar-refractivity contribution in [1.82, 2.24) is 4.98 Å². The van der Waals surface area contributed by atoms with Crippen LogP contribution in [0.15, 0.2) is 48.5 Å². The molecule has 0 bridgehead atoms. The predicted molar refractivity (Wildman–Crippen MR) is 89.7 cm³/mol. The Morgan fingerprint density at radius 3 is 2.67 bits per heavy atom. The highest BCUT2D eigenvalue weighted by molar-refractivity contribution is 5.90. The zero-order valence-electron chi connectivity index (χ0n) is 12.8. The van der Waals surface area contributed by atoms with Crippen LogP contribution in [-0.2, 0) is 6.54 Å². The molecule has 3 rings (SSSR count). The van der Waals surface area contributed by atoms with Crippen molar-refractivity contribution in [2.75, 3.05) is 5.32 Å². The summed E-state index contributed by atoms with van der Waals surface area (Å²) in [5, 5.41) is 4.71. The number of pyridine rings is 1. The molecule has 2 nitrogen and oxygen atoms in total. The van der Waals surface area contributed by atoms with Crippen LogP contribution in [0.5, 0.6) is 0 Å². The number of hydrogen-bond acceptors (Lipinski definition) is 2. The lowest BCUT2D eigenvalue weighted by Crippen LogP contribution is -2.03. The van der Waals surface area contributed by atoms with E-state index in [-0.39, 0.29) is 0 Å². The lowest BCUT2D eigenvalue weighted by atomic mass is 10.1. The van der Waals surface area contributed by atoms with Gasteiger partial charge in [0.05, 0.1) is 11.2 Å². The van der Waals surface area contributed by atoms with Gasteiger partial charge in [0.1, 0.15) is 0 Å². The first-order chi connectivity index (χ1) is 10.1. The monoisotopic (exact) mass is 276 g/mol. The molecular formula is C19H20N2. The molecule has 3 aromatic rings. The highest BCUT2D eigenvalue weighted by atomic mass is 14.9. The summed E-state index contributed by atoms with van der Waals surface area (Å²) in [7, 11) is 0. The van der Waals surface area contributed by atoms with Crippen LogP contribution in [0.3, 0.4) is 0 Å². The zero-order valence-corrected chi connectivity index (χ0v) is 12.8. The van der Waals surface area contributed by atoms with Crippen LogP contribution >= 0.6 is 0 Å². The standard InChI is InChI=1S/C19H20N2/c1-13-7-8-14(2)17(11-13)12-20-18-6-4-5-16-10-9-15(3)21-19(16)18/h4-11,20H,12H2,1-3H3. The van der Waals surface area contributed by atoms with Crippen molar-refractivity contribution in [1.29, 1.82) is 0 Å². The normalized spacial score (nSPS) is 10.8. The first kappa shape index (κ1) is 13.6. The van der Waals surface area contributed by atoms with E-state index >= 15 is 0 Å². The van der Waals surface area contributed by atoms with Gasteiger partial charge in [-0.2, -0.15) is 0 Å². The third kappa shape index (κ3) is 2.89. The average molecular weight is 276 g/mol. The van der Waals surface area contributed by atoms with Gasteiger partial charge in [-0.25, -0.2) is 0 Å². The topological polar surface area (TPSA) is 24.9 Å². The second kappa shape index (κ2) is 5.57. The summed E-state index contributed by atoms with van der Waals surface area (Å²) in [6.07, 6.45) is 0. The van der Waals surface area contributed by atoms with Gasteiger partial charge in [0.15, 0.2) is 0 Å². The van der Waals surface area contributed by atoms with Gasteiger partial charge < -0.3 is 5.32 Å². The number of rotatable bonds is 3. The third-order valence-electron chi connectivity index (χ3n) is 3.83. The van der Waals surface area contributed by atoms with E-state index in [4.69, 9.17) is 0 Å². The number of nitrogens with zero attached hydrogens (tertiary/aromatic N) is 1. The van der Waals surface area contributed by atoms with Gasteiger partial charge in [-0.1, -0.05) is 42.0 Å². The molecule has 0 saturated carbocycles. The highest BCUT2D eigenvalue weighted by Gasteiger charge is 2.04. The molecule has 1 N–H and O–H groups in total. The molecule has 0 amide bonds. The summed E-state index contributed by atoms with van der Waals surface area (Å²) < 4.78 is 0. The van der Waals surface area contributed by atoms with Crippen molar-refractivity contribution < 1.29 is 0 Å². The van der Waals surface area contributed by atoms with Gasteiger partial charge in [-0.15, -0.1) is 0 Å². The maximum absolute atomic E-state index is 4.67. The molecule has 1 aromatic heterocycles. The van der Waals surface area contributed by atoms with Crippen LogP contribution < -0.4 is 5.32 Å².